The summed E-state index contributed by atoms with van der Waals surface area (Å²) >= 11 is 0. The van der Waals surface area contributed by atoms with E-state index in [1.807, 2.05) is 11.6 Å². The van der Waals surface area contributed by atoms with Gasteiger partial charge >= 0.3 is 0 Å². The van der Waals surface area contributed by atoms with Crippen molar-refractivity contribution >= 4 is 5.96 Å². The van der Waals surface area contributed by atoms with Gasteiger partial charge in [0.1, 0.15) is 6.33 Å². The zero-order valence-electron chi connectivity index (χ0n) is 14.5. The number of aromatic nitrogens is 3. The number of nitrogens with one attached hydrogen (secondary N) is 2. The minimum atomic E-state index is 0.212. The summed E-state index contributed by atoms with van der Waals surface area (Å²) in [5.74, 6) is 1.69. The van der Waals surface area contributed by atoms with Crippen molar-refractivity contribution < 1.29 is 0 Å². The Bertz CT molecular complexity index is 670. The standard InChI is InChI=1S/C18H26N6/c1-19-17(20-12-16-23-22-14-24(16)2)21-13-18(10-6-7-11-18)15-8-4-3-5-9-15/h3-5,8-9,14H,6-7,10-13H2,1-2H3,(H2,19,20,21). The molecular formula is C18H26N6. The molecule has 6 heteroatoms. The highest BCUT2D eigenvalue weighted by Crippen LogP contribution is 2.40. The molecule has 1 aromatic carbocycles. The molecule has 1 fully saturated rings. The van der Waals surface area contributed by atoms with Gasteiger partial charge in [0, 0.05) is 26.1 Å². The largest absolute Gasteiger partial charge is 0.356 e. The molecule has 1 aromatic heterocycles. The molecule has 1 aliphatic carbocycles. The van der Waals surface area contributed by atoms with E-state index in [4.69, 9.17) is 0 Å². The first kappa shape index (κ1) is 16.5. The van der Waals surface area contributed by atoms with Gasteiger partial charge < -0.3 is 15.2 Å². The fourth-order valence-corrected chi connectivity index (χ4v) is 3.51. The second kappa shape index (κ2) is 7.47. The summed E-state index contributed by atoms with van der Waals surface area (Å²) in [5.41, 5.74) is 1.64. The van der Waals surface area contributed by atoms with Crippen molar-refractivity contribution in [2.75, 3.05) is 13.6 Å². The molecule has 2 aromatic rings. The molecule has 128 valence electrons. The van der Waals surface area contributed by atoms with E-state index >= 15 is 0 Å². The maximum Gasteiger partial charge on any atom is 0.191 e. The molecule has 24 heavy (non-hydrogen) atoms. The van der Waals surface area contributed by atoms with Crippen LogP contribution in [-0.2, 0) is 19.0 Å². The predicted molar refractivity (Wildman–Crippen MR) is 95.8 cm³/mol. The Morgan fingerprint density at radius 3 is 2.58 bits per heavy atom. The number of aliphatic imine (C=N–C) groups is 1. The third kappa shape index (κ3) is 3.58. The SMILES string of the molecule is CN=C(NCc1nncn1C)NCC1(c2ccccc2)CCCC1. The molecule has 2 N–H and O–H groups in total. The third-order valence-electron chi connectivity index (χ3n) is 4.98. The summed E-state index contributed by atoms with van der Waals surface area (Å²) in [5, 5.41) is 14.8. The van der Waals surface area contributed by atoms with Crippen molar-refractivity contribution in [3.05, 3.63) is 48.0 Å². The van der Waals surface area contributed by atoms with Crippen LogP contribution in [0.4, 0.5) is 0 Å². The second-order valence-corrected chi connectivity index (χ2v) is 6.49. The van der Waals surface area contributed by atoms with E-state index in [2.05, 4.69) is 56.2 Å². The van der Waals surface area contributed by atoms with Gasteiger partial charge in [0.05, 0.1) is 6.54 Å². The number of hydrogen-bond acceptors (Lipinski definition) is 3. The minimum Gasteiger partial charge on any atom is -0.356 e. The highest BCUT2D eigenvalue weighted by Gasteiger charge is 2.35. The average Bonchev–Trinajstić information content (AvgIpc) is 3.26. The van der Waals surface area contributed by atoms with Crippen molar-refractivity contribution in [2.24, 2.45) is 12.0 Å². The molecule has 1 aliphatic rings. The van der Waals surface area contributed by atoms with Gasteiger partial charge in [-0.3, -0.25) is 4.99 Å². The number of aryl methyl sites for hydroxylation is 1. The first-order valence-electron chi connectivity index (χ1n) is 8.56. The summed E-state index contributed by atoms with van der Waals surface area (Å²) in [7, 11) is 3.74. The van der Waals surface area contributed by atoms with Crippen LogP contribution in [0, 0.1) is 0 Å². The summed E-state index contributed by atoms with van der Waals surface area (Å²) < 4.78 is 1.91. The Hall–Kier alpha value is -2.37. The second-order valence-electron chi connectivity index (χ2n) is 6.49. The van der Waals surface area contributed by atoms with Gasteiger partial charge in [-0.2, -0.15) is 0 Å². The molecule has 6 nitrogen and oxygen atoms in total. The number of hydrogen-bond donors (Lipinski definition) is 2. The van der Waals surface area contributed by atoms with Crippen LogP contribution in [-0.4, -0.2) is 34.3 Å². The van der Waals surface area contributed by atoms with E-state index in [0.29, 0.717) is 6.54 Å². The first-order chi connectivity index (χ1) is 11.7. The number of guanidine groups is 1. The Labute approximate surface area is 143 Å². The summed E-state index contributed by atoms with van der Waals surface area (Å²) in [6.07, 6.45) is 6.74. The highest BCUT2D eigenvalue weighted by molar-refractivity contribution is 5.79. The van der Waals surface area contributed by atoms with Crippen LogP contribution in [0.2, 0.25) is 0 Å². The van der Waals surface area contributed by atoms with Gasteiger partial charge in [0.15, 0.2) is 11.8 Å². The number of rotatable bonds is 5. The van der Waals surface area contributed by atoms with E-state index in [-0.39, 0.29) is 5.41 Å². The van der Waals surface area contributed by atoms with E-state index in [0.717, 1.165) is 18.3 Å². The maximum absolute atomic E-state index is 4.34. The van der Waals surface area contributed by atoms with Crippen LogP contribution >= 0.6 is 0 Å². The Morgan fingerprint density at radius 1 is 1.21 bits per heavy atom. The van der Waals surface area contributed by atoms with E-state index in [9.17, 15) is 0 Å². The van der Waals surface area contributed by atoms with Gasteiger partial charge in [-0.05, 0) is 18.4 Å². The molecule has 1 saturated carbocycles. The van der Waals surface area contributed by atoms with Gasteiger partial charge in [-0.1, -0.05) is 43.2 Å². The topological polar surface area (TPSA) is 67.1 Å². The van der Waals surface area contributed by atoms with Crippen LogP contribution in [0.15, 0.2) is 41.7 Å². The highest BCUT2D eigenvalue weighted by atomic mass is 15.3. The molecule has 0 aliphatic heterocycles. The Balaban J connectivity index is 1.62. The molecule has 0 saturated heterocycles. The molecule has 0 unspecified atom stereocenters. The fourth-order valence-electron chi connectivity index (χ4n) is 3.51. The van der Waals surface area contributed by atoms with Crippen LogP contribution in [0.25, 0.3) is 0 Å². The van der Waals surface area contributed by atoms with Crippen molar-refractivity contribution in [3.63, 3.8) is 0 Å². The molecular weight excluding hydrogens is 300 g/mol. The van der Waals surface area contributed by atoms with Gasteiger partial charge in [-0.25, -0.2) is 0 Å². The Morgan fingerprint density at radius 2 is 1.96 bits per heavy atom. The molecule has 0 radical (unpaired) electrons. The lowest BCUT2D eigenvalue weighted by atomic mass is 9.79. The monoisotopic (exact) mass is 326 g/mol. The van der Waals surface area contributed by atoms with Gasteiger partial charge in [0.2, 0.25) is 0 Å². The van der Waals surface area contributed by atoms with Crippen LogP contribution in [0.1, 0.15) is 37.1 Å². The molecule has 3 rings (SSSR count). The van der Waals surface area contributed by atoms with Crippen LogP contribution in [0.5, 0.6) is 0 Å². The molecule has 0 atom stereocenters. The Kier molecular flexibility index (Phi) is 5.13. The normalized spacial score (nSPS) is 17.0. The van der Waals surface area contributed by atoms with Crippen molar-refractivity contribution in [1.82, 2.24) is 25.4 Å². The number of nitrogens with zero attached hydrogens (tertiary/aromatic N) is 4. The smallest absolute Gasteiger partial charge is 0.191 e. The average molecular weight is 326 g/mol. The predicted octanol–water partition coefficient (Wildman–Crippen LogP) is 1.99. The van der Waals surface area contributed by atoms with Crippen molar-refractivity contribution in [3.8, 4) is 0 Å². The molecule has 0 spiro atoms. The first-order valence-corrected chi connectivity index (χ1v) is 8.56. The van der Waals surface area contributed by atoms with Crippen LogP contribution in [0.3, 0.4) is 0 Å². The summed E-state index contributed by atoms with van der Waals surface area (Å²) in [4.78, 5) is 4.34. The lowest BCUT2D eigenvalue weighted by molar-refractivity contribution is 0.431. The third-order valence-corrected chi connectivity index (χ3v) is 4.98. The summed E-state index contributed by atoms with van der Waals surface area (Å²) in [6.45, 7) is 1.50. The van der Waals surface area contributed by atoms with E-state index < -0.39 is 0 Å². The summed E-state index contributed by atoms with van der Waals surface area (Å²) in [6, 6.07) is 10.9. The van der Waals surface area contributed by atoms with Crippen LogP contribution < -0.4 is 10.6 Å². The lowest BCUT2D eigenvalue weighted by Gasteiger charge is -2.30. The van der Waals surface area contributed by atoms with Crippen molar-refractivity contribution in [1.29, 1.82) is 0 Å². The molecule has 0 amide bonds. The molecule has 1 heterocycles. The van der Waals surface area contributed by atoms with E-state index in [1.165, 1.54) is 31.2 Å². The maximum atomic E-state index is 4.34. The van der Waals surface area contributed by atoms with Gasteiger partial charge in [0.25, 0.3) is 0 Å². The number of benzene rings is 1. The molecule has 0 bridgehead atoms. The fraction of sp³-hybridized carbons (Fsp3) is 0.500. The van der Waals surface area contributed by atoms with Gasteiger partial charge in [-0.15, -0.1) is 10.2 Å². The van der Waals surface area contributed by atoms with Crippen molar-refractivity contribution in [2.45, 2.75) is 37.6 Å². The quantitative estimate of drug-likeness (QED) is 0.651. The zero-order chi connectivity index (χ0) is 16.8. The minimum absolute atomic E-state index is 0.212. The van der Waals surface area contributed by atoms with E-state index in [1.54, 1.807) is 13.4 Å². The lowest BCUT2D eigenvalue weighted by Crippen LogP contribution is -2.44. The zero-order valence-corrected chi connectivity index (χ0v) is 14.5.